The molecule has 0 radical (unpaired) electrons. The van der Waals surface area contributed by atoms with E-state index in [1.807, 2.05) is 17.5 Å². The first-order valence-electron chi connectivity index (χ1n) is 6.56. The number of carbonyl (C=O) groups is 1. The number of carbonyl (C=O) groups excluding carboxylic acids is 1. The first kappa shape index (κ1) is 14.8. The van der Waals surface area contributed by atoms with Crippen molar-refractivity contribution in [1.29, 1.82) is 0 Å². The summed E-state index contributed by atoms with van der Waals surface area (Å²) in [5, 5.41) is 1.85. The zero-order valence-electron chi connectivity index (χ0n) is 11.6. The van der Waals surface area contributed by atoms with Gasteiger partial charge in [-0.05, 0) is 17.7 Å². The average molecular weight is 331 g/mol. The number of nitrogens with two attached hydrogens (primary N) is 1. The highest BCUT2D eigenvalue weighted by molar-refractivity contribution is 7.97. The van der Waals surface area contributed by atoms with Crippen LogP contribution in [0.3, 0.4) is 0 Å². The van der Waals surface area contributed by atoms with Crippen LogP contribution in [0, 0.1) is 0 Å². The number of benzene rings is 1. The molecule has 112 valence electrons. The molecule has 0 fully saturated rings. The molecule has 0 saturated carbocycles. The molecule has 7 heteroatoms. The molecule has 3 aromatic rings. The summed E-state index contributed by atoms with van der Waals surface area (Å²) in [6.07, 6.45) is 1.73. The SMILES string of the molecule is NC(=O)c1ccc(CSCc2cc(=O)n3ccsc3n2)cc1. The summed E-state index contributed by atoms with van der Waals surface area (Å²) < 4.78 is 1.54. The van der Waals surface area contributed by atoms with E-state index in [1.54, 1.807) is 40.6 Å². The third-order valence-corrected chi connectivity index (χ3v) is 4.91. The summed E-state index contributed by atoms with van der Waals surface area (Å²) in [5.74, 6) is 1.03. The van der Waals surface area contributed by atoms with Gasteiger partial charge in [-0.1, -0.05) is 12.1 Å². The molecule has 0 bridgehead atoms. The first-order valence-corrected chi connectivity index (χ1v) is 8.59. The number of hydrogen-bond donors (Lipinski definition) is 1. The number of thiazole rings is 1. The van der Waals surface area contributed by atoms with Gasteiger partial charge in [0.2, 0.25) is 5.91 Å². The summed E-state index contributed by atoms with van der Waals surface area (Å²) in [4.78, 5) is 28.1. The van der Waals surface area contributed by atoms with Gasteiger partial charge >= 0.3 is 0 Å². The number of nitrogens with zero attached hydrogens (tertiary/aromatic N) is 2. The number of thioether (sulfide) groups is 1. The Morgan fingerprint density at radius 1 is 1.27 bits per heavy atom. The largest absolute Gasteiger partial charge is 0.366 e. The molecule has 0 unspecified atom stereocenters. The number of amides is 1. The summed E-state index contributed by atoms with van der Waals surface area (Å²) in [5.41, 5.74) is 7.55. The van der Waals surface area contributed by atoms with Gasteiger partial charge in [0.25, 0.3) is 5.56 Å². The first-order chi connectivity index (χ1) is 10.6. The second-order valence-corrected chi connectivity index (χ2v) is 6.55. The third-order valence-electron chi connectivity index (χ3n) is 3.11. The Bertz CT molecular complexity index is 868. The molecule has 2 heterocycles. The normalized spacial score (nSPS) is 10.9. The molecule has 2 N–H and O–H groups in total. The van der Waals surface area contributed by atoms with E-state index in [4.69, 9.17) is 5.73 Å². The lowest BCUT2D eigenvalue weighted by atomic mass is 10.1. The fourth-order valence-electron chi connectivity index (χ4n) is 2.00. The fourth-order valence-corrected chi connectivity index (χ4v) is 3.63. The van der Waals surface area contributed by atoms with Gasteiger partial charge in [0.1, 0.15) is 0 Å². The lowest BCUT2D eigenvalue weighted by molar-refractivity contribution is 0.100. The number of primary amides is 1. The van der Waals surface area contributed by atoms with Gasteiger partial charge in [0.05, 0.1) is 5.69 Å². The molecule has 3 rings (SSSR count). The van der Waals surface area contributed by atoms with Crippen molar-refractivity contribution in [3.63, 3.8) is 0 Å². The van der Waals surface area contributed by atoms with E-state index < -0.39 is 5.91 Å². The van der Waals surface area contributed by atoms with Crippen LogP contribution in [0.5, 0.6) is 0 Å². The van der Waals surface area contributed by atoms with Crippen LogP contribution in [0.2, 0.25) is 0 Å². The fraction of sp³-hybridized carbons (Fsp3) is 0.133. The maximum absolute atomic E-state index is 11.9. The van der Waals surface area contributed by atoms with Crippen molar-refractivity contribution in [2.45, 2.75) is 11.5 Å². The van der Waals surface area contributed by atoms with Crippen molar-refractivity contribution < 1.29 is 4.79 Å². The van der Waals surface area contributed by atoms with Gasteiger partial charge in [-0.2, -0.15) is 11.8 Å². The summed E-state index contributed by atoms with van der Waals surface area (Å²) in [7, 11) is 0. The van der Waals surface area contributed by atoms with E-state index in [-0.39, 0.29) is 5.56 Å². The van der Waals surface area contributed by atoms with E-state index in [0.717, 1.165) is 17.0 Å². The van der Waals surface area contributed by atoms with Gasteiger partial charge in [-0.25, -0.2) is 4.98 Å². The topological polar surface area (TPSA) is 77.5 Å². The minimum absolute atomic E-state index is 0.0485. The molecule has 0 aliphatic carbocycles. The molecule has 0 aliphatic rings. The Hall–Kier alpha value is -2.12. The zero-order valence-corrected chi connectivity index (χ0v) is 13.2. The number of fused-ring (bicyclic) bond motifs is 1. The number of rotatable bonds is 5. The van der Waals surface area contributed by atoms with Crippen LogP contribution >= 0.6 is 23.1 Å². The molecule has 0 spiro atoms. The van der Waals surface area contributed by atoms with Crippen LogP contribution in [0.15, 0.2) is 46.7 Å². The predicted octanol–water partition coefficient (Wildman–Crippen LogP) is 2.29. The van der Waals surface area contributed by atoms with Gasteiger partial charge < -0.3 is 5.73 Å². The predicted molar refractivity (Wildman–Crippen MR) is 89.3 cm³/mol. The average Bonchev–Trinajstić information content (AvgIpc) is 2.97. The van der Waals surface area contributed by atoms with E-state index in [9.17, 15) is 9.59 Å². The van der Waals surface area contributed by atoms with Crippen molar-refractivity contribution in [2.24, 2.45) is 5.73 Å². The van der Waals surface area contributed by atoms with Crippen LogP contribution in [-0.2, 0) is 11.5 Å². The molecule has 1 aromatic carbocycles. The summed E-state index contributed by atoms with van der Waals surface area (Å²) in [6.45, 7) is 0. The Morgan fingerprint density at radius 3 is 2.77 bits per heavy atom. The van der Waals surface area contributed by atoms with Gasteiger partial charge in [0, 0.05) is 34.7 Å². The number of aromatic nitrogens is 2. The lowest BCUT2D eigenvalue weighted by Gasteiger charge is -2.03. The smallest absolute Gasteiger partial charge is 0.258 e. The zero-order chi connectivity index (χ0) is 15.5. The standard InChI is InChI=1S/C15H13N3O2S2/c16-14(20)11-3-1-10(2-4-11)8-21-9-12-7-13(19)18-5-6-22-15(18)17-12/h1-7H,8-9H2,(H2,16,20). The minimum atomic E-state index is -0.423. The highest BCUT2D eigenvalue weighted by atomic mass is 32.2. The van der Waals surface area contributed by atoms with Crippen molar-refractivity contribution in [3.05, 3.63) is 69.1 Å². The number of hydrogen-bond acceptors (Lipinski definition) is 5. The van der Waals surface area contributed by atoms with Gasteiger partial charge in [0.15, 0.2) is 4.96 Å². The summed E-state index contributed by atoms with van der Waals surface area (Å²) in [6, 6.07) is 8.79. The molecule has 2 aromatic heterocycles. The molecule has 1 amide bonds. The van der Waals surface area contributed by atoms with Gasteiger partial charge in [-0.15, -0.1) is 11.3 Å². The van der Waals surface area contributed by atoms with E-state index >= 15 is 0 Å². The van der Waals surface area contributed by atoms with Crippen LogP contribution in [0.4, 0.5) is 0 Å². The lowest BCUT2D eigenvalue weighted by Crippen LogP contribution is -2.12. The molecule has 5 nitrogen and oxygen atoms in total. The summed E-state index contributed by atoms with van der Waals surface area (Å²) >= 11 is 3.12. The molecular weight excluding hydrogens is 318 g/mol. The van der Waals surface area contributed by atoms with Crippen molar-refractivity contribution >= 4 is 34.0 Å². The third kappa shape index (κ3) is 3.20. The van der Waals surface area contributed by atoms with Gasteiger partial charge in [-0.3, -0.25) is 14.0 Å². The van der Waals surface area contributed by atoms with Crippen molar-refractivity contribution in [3.8, 4) is 0 Å². The Labute approximate surface area is 134 Å². The Kier molecular flexibility index (Phi) is 4.26. The Morgan fingerprint density at radius 2 is 2.05 bits per heavy atom. The molecular formula is C15H13N3O2S2. The second-order valence-electron chi connectivity index (χ2n) is 4.70. The maximum atomic E-state index is 11.9. The van der Waals surface area contributed by atoms with Crippen LogP contribution < -0.4 is 11.3 Å². The van der Waals surface area contributed by atoms with E-state index in [1.165, 1.54) is 11.3 Å². The second kappa shape index (κ2) is 6.33. The Balaban J connectivity index is 1.64. The minimum Gasteiger partial charge on any atom is -0.366 e. The van der Waals surface area contributed by atoms with Crippen molar-refractivity contribution in [2.75, 3.05) is 0 Å². The highest BCUT2D eigenvalue weighted by Crippen LogP contribution is 2.17. The molecule has 0 saturated heterocycles. The molecule has 0 aliphatic heterocycles. The molecule has 0 atom stereocenters. The van der Waals surface area contributed by atoms with E-state index in [2.05, 4.69) is 4.98 Å². The highest BCUT2D eigenvalue weighted by Gasteiger charge is 2.04. The molecule has 22 heavy (non-hydrogen) atoms. The van der Waals surface area contributed by atoms with Crippen LogP contribution in [0.1, 0.15) is 21.6 Å². The van der Waals surface area contributed by atoms with E-state index in [0.29, 0.717) is 16.3 Å². The van der Waals surface area contributed by atoms with Crippen LogP contribution in [0.25, 0.3) is 4.96 Å². The van der Waals surface area contributed by atoms with Crippen LogP contribution in [-0.4, -0.2) is 15.3 Å². The quantitative estimate of drug-likeness (QED) is 0.778. The monoisotopic (exact) mass is 331 g/mol. The maximum Gasteiger partial charge on any atom is 0.258 e. The van der Waals surface area contributed by atoms with Crippen molar-refractivity contribution in [1.82, 2.24) is 9.38 Å².